The van der Waals surface area contributed by atoms with Gasteiger partial charge in [-0.25, -0.2) is 0 Å². The Balaban J connectivity index is 2.06. The number of carbonyl (C=O) groups is 3. The molecule has 1 saturated carbocycles. The number of hydrogen-bond donors (Lipinski definition) is 3. The summed E-state index contributed by atoms with van der Waals surface area (Å²) in [4.78, 5) is 40.5. The lowest BCUT2D eigenvalue weighted by Crippen LogP contribution is -2.48. The lowest BCUT2D eigenvalue weighted by Gasteiger charge is -2.36. The fraction of sp³-hybridized carbons (Fsp3) is 0.455. The fourth-order valence-corrected chi connectivity index (χ4v) is 4.77. The molecule has 1 fully saturated rings. The molecule has 0 radical (unpaired) electrons. The Hall–Kier alpha value is -3.18. The predicted octanol–water partition coefficient (Wildman–Crippen LogP) is 1.72. The molecule has 5 N–H and O–H groups in total. The molecule has 3 rings (SSSR count). The number of nitrogens with two attached hydrogens (primary N) is 2. The zero-order valence-corrected chi connectivity index (χ0v) is 19.5. The third-order valence-corrected chi connectivity index (χ3v) is 6.52. The van der Waals surface area contributed by atoms with Crippen LogP contribution in [0.15, 0.2) is 24.3 Å². The molecule has 2 aromatic rings. The number of aromatic nitrogens is 1. The number of benzene rings is 1. The maximum absolute atomic E-state index is 13.8. The van der Waals surface area contributed by atoms with Crippen molar-refractivity contribution < 1.29 is 23.9 Å². The normalized spacial score (nSPS) is 14.6. The highest BCUT2D eigenvalue weighted by Crippen LogP contribution is 2.35. The molecular weight excluding hydrogens is 446 g/mol. The molecule has 1 aliphatic carbocycles. The van der Waals surface area contributed by atoms with Crippen LogP contribution in [0.2, 0.25) is 0 Å². The van der Waals surface area contributed by atoms with E-state index in [9.17, 15) is 14.4 Å². The van der Waals surface area contributed by atoms with Gasteiger partial charge in [0, 0.05) is 19.7 Å². The molecule has 1 heterocycles. The second-order valence-corrected chi connectivity index (χ2v) is 8.52. The number of hydrogen-bond acceptors (Lipinski definition) is 8. The van der Waals surface area contributed by atoms with Crippen molar-refractivity contribution >= 4 is 34.9 Å². The van der Waals surface area contributed by atoms with E-state index in [0.29, 0.717) is 24.5 Å². The molecular formula is C22H29N5O5S. The van der Waals surface area contributed by atoms with Crippen LogP contribution in [0, 0.1) is 0 Å². The predicted molar refractivity (Wildman–Crippen MR) is 124 cm³/mol. The maximum Gasteiger partial charge on any atom is 0.270 e. The quantitative estimate of drug-likeness (QED) is 0.443. The van der Waals surface area contributed by atoms with Crippen LogP contribution in [0.4, 0.5) is 5.69 Å². The van der Waals surface area contributed by atoms with Crippen molar-refractivity contribution in [3.8, 4) is 5.75 Å². The number of anilines is 1. The molecule has 0 spiro atoms. The van der Waals surface area contributed by atoms with Gasteiger partial charge in [0.2, 0.25) is 5.91 Å². The van der Waals surface area contributed by atoms with Gasteiger partial charge in [-0.2, -0.15) is 4.37 Å². The molecule has 3 amide bonds. The average Bonchev–Trinajstić information content (AvgIpc) is 3.47. The largest absolute Gasteiger partial charge is 0.497 e. The molecule has 0 unspecified atom stereocenters. The molecule has 1 atom stereocenters. The lowest BCUT2D eigenvalue weighted by molar-refractivity contribution is -0.126. The van der Waals surface area contributed by atoms with E-state index in [1.165, 1.54) is 0 Å². The summed E-state index contributed by atoms with van der Waals surface area (Å²) < 4.78 is 14.3. The maximum atomic E-state index is 13.8. The van der Waals surface area contributed by atoms with Crippen LogP contribution >= 0.6 is 11.5 Å². The third-order valence-electron chi connectivity index (χ3n) is 5.67. The first-order valence-electron chi connectivity index (χ1n) is 10.7. The van der Waals surface area contributed by atoms with Crippen LogP contribution in [0.5, 0.6) is 5.75 Å². The average molecular weight is 476 g/mol. The topological polar surface area (TPSA) is 150 Å². The van der Waals surface area contributed by atoms with Gasteiger partial charge in [0.15, 0.2) is 5.69 Å². The van der Waals surface area contributed by atoms with Crippen LogP contribution in [0.25, 0.3) is 0 Å². The summed E-state index contributed by atoms with van der Waals surface area (Å²) in [7, 11) is 3.10. The van der Waals surface area contributed by atoms with Crippen LogP contribution in [-0.4, -0.2) is 60.4 Å². The Morgan fingerprint density at radius 2 is 1.88 bits per heavy atom. The van der Waals surface area contributed by atoms with Crippen molar-refractivity contribution in [3.63, 3.8) is 0 Å². The van der Waals surface area contributed by atoms with E-state index >= 15 is 0 Å². The Morgan fingerprint density at radius 3 is 2.42 bits per heavy atom. The Bertz CT molecular complexity index is 988. The summed E-state index contributed by atoms with van der Waals surface area (Å²) in [6.07, 6.45) is 3.40. The SMILES string of the molecule is COCCNC(=O)[C@@H](c1ccc(OC)cc1)N(C(=O)c1snc(C(N)=O)c1N)C1CCCC1. The molecule has 10 nitrogen and oxygen atoms in total. The van der Waals surface area contributed by atoms with E-state index in [1.807, 2.05) is 0 Å². The number of amides is 3. The number of nitrogens with one attached hydrogen (secondary N) is 1. The minimum absolute atomic E-state index is 0.0613. The van der Waals surface area contributed by atoms with Gasteiger partial charge in [0.1, 0.15) is 16.7 Å². The summed E-state index contributed by atoms with van der Waals surface area (Å²) in [5, 5.41) is 2.85. The summed E-state index contributed by atoms with van der Waals surface area (Å²) in [5.41, 5.74) is 11.8. The van der Waals surface area contributed by atoms with Crippen molar-refractivity contribution in [2.75, 3.05) is 33.1 Å². The van der Waals surface area contributed by atoms with Gasteiger partial charge in [0.25, 0.3) is 11.8 Å². The Labute approximate surface area is 196 Å². The van der Waals surface area contributed by atoms with Gasteiger partial charge in [-0.05, 0) is 42.1 Å². The van der Waals surface area contributed by atoms with Crippen LogP contribution in [0.1, 0.15) is 57.4 Å². The van der Waals surface area contributed by atoms with Crippen molar-refractivity contribution in [2.24, 2.45) is 5.73 Å². The van der Waals surface area contributed by atoms with Gasteiger partial charge in [0.05, 0.1) is 19.4 Å². The van der Waals surface area contributed by atoms with E-state index in [2.05, 4.69) is 9.69 Å². The Kier molecular flexibility index (Phi) is 8.23. The summed E-state index contributed by atoms with van der Waals surface area (Å²) in [6.45, 7) is 0.630. The van der Waals surface area contributed by atoms with Gasteiger partial charge >= 0.3 is 0 Å². The molecule has 1 aliphatic rings. The standard InChI is InChI=1S/C22H29N5O5S/c1-31-12-11-25-21(29)18(13-7-9-15(32-2)10-8-13)27(14-5-3-4-6-14)22(30)19-16(23)17(20(24)28)26-33-19/h7-10,14,18H,3-6,11-12,23H2,1-2H3,(H2,24,28)(H,25,29)/t18-/m1/s1. The summed E-state index contributed by atoms with van der Waals surface area (Å²) in [6, 6.07) is 5.93. The first-order chi connectivity index (χ1) is 15.9. The highest BCUT2D eigenvalue weighted by atomic mass is 32.1. The van der Waals surface area contributed by atoms with E-state index in [0.717, 1.165) is 37.2 Å². The molecule has 1 aromatic carbocycles. The molecule has 0 saturated heterocycles. The third kappa shape index (κ3) is 5.42. The number of nitrogen functional groups attached to an aromatic ring is 1. The molecule has 11 heteroatoms. The van der Waals surface area contributed by atoms with Gasteiger partial charge in [-0.15, -0.1) is 0 Å². The highest BCUT2D eigenvalue weighted by molar-refractivity contribution is 7.09. The van der Waals surface area contributed by atoms with E-state index < -0.39 is 17.9 Å². The highest BCUT2D eigenvalue weighted by Gasteiger charge is 2.39. The molecule has 178 valence electrons. The zero-order valence-electron chi connectivity index (χ0n) is 18.7. The number of nitrogens with zero attached hydrogens (tertiary/aromatic N) is 2. The second kappa shape index (κ2) is 11.1. The molecule has 1 aromatic heterocycles. The summed E-state index contributed by atoms with van der Waals surface area (Å²) >= 11 is 0.813. The summed E-state index contributed by atoms with van der Waals surface area (Å²) in [5.74, 6) is -0.962. The minimum atomic E-state index is -0.915. The van der Waals surface area contributed by atoms with Crippen molar-refractivity contribution in [1.29, 1.82) is 0 Å². The van der Waals surface area contributed by atoms with Crippen molar-refractivity contribution in [3.05, 3.63) is 40.4 Å². The number of methoxy groups -OCH3 is 2. The number of rotatable bonds is 10. The number of primary amides is 1. The van der Waals surface area contributed by atoms with Crippen LogP contribution < -0.4 is 21.5 Å². The van der Waals surface area contributed by atoms with E-state index in [-0.39, 0.29) is 28.2 Å². The first kappa shape index (κ1) is 24.5. The number of carbonyl (C=O) groups excluding carboxylic acids is 3. The van der Waals surface area contributed by atoms with E-state index in [4.69, 9.17) is 20.9 Å². The monoisotopic (exact) mass is 475 g/mol. The number of ether oxygens (including phenoxy) is 2. The zero-order chi connectivity index (χ0) is 24.0. The van der Waals surface area contributed by atoms with Gasteiger partial charge in [-0.1, -0.05) is 25.0 Å². The van der Waals surface area contributed by atoms with Gasteiger partial charge in [-0.3, -0.25) is 14.4 Å². The van der Waals surface area contributed by atoms with Crippen molar-refractivity contribution in [1.82, 2.24) is 14.6 Å². The lowest BCUT2D eigenvalue weighted by atomic mass is 10.0. The first-order valence-corrected chi connectivity index (χ1v) is 11.4. The minimum Gasteiger partial charge on any atom is -0.497 e. The second-order valence-electron chi connectivity index (χ2n) is 7.75. The van der Waals surface area contributed by atoms with Crippen LogP contribution in [-0.2, 0) is 9.53 Å². The smallest absolute Gasteiger partial charge is 0.270 e. The molecule has 0 aliphatic heterocycles. The molecule has 0 bridgehead atoms. The van der Waals surface area contributed by atoms with Crippen molar-refractivity contribution in [2.45, 2.75) is 37.8 Å². The fourth-order valence-electron chi connectivity index (χ4n) is 4.02. The Morgan fingerprint density at radius 1 is 1.21 bits per heavy atom. The van der Waals surface area contributed by atoms with E-state index in [1.54, 1.807) is 43.4 Å². The van der Waals surface area contributed by atoms with Gasteiger partial charge < -0.3 is 31.2 Å². The van der Waals surface area contributed by atoms with Crippen LogP contribution in [0.3, 0.4) is 0 Å². The molecule has 33 heavy (non-hydrogen) atoms.